The highest BCUT2D eigenvalue weighted by molar-refractivity contribution is 5.69. The summed E-state index contributed by atoms with van der Waals surface area (Å²) < 4.78 is 5.73. The van der Waals surface area contributed by atoms with Gasteiger partial charge in [0, 0.05) is 13.0 Å². The molecule has 0 aromatic heterocycles. The summed E-state index contributed by atoms with van der Waals surface area (Å²) in [6.45, 7) is 2.67. The molecular formula is C16H17NO. The Balaban J connectivity index is 2.06. The molecule has 0 fully saturated rings. The zero-order valence-electron chi connectivity index (χ0n) is 10.5. The lowest BCUT2D eigenvalue weighted by atomic mass is 9.97. The van der Waals surface area contributed by atoms with Gasteiger partial charge in [0.2, 0.25) is 0 Å². The molecule has 0 amide bonds. The average molecular weight is 239 g/mol. The molecule has 0 saturated heterocycles. The maximum atomic E-state index is 5.80. The largest absolute Gasteiger partial charge is 0.490 e. The van der Waals surface area contributed by atoms with Crippen molar-refractivity contribution in [3.63, 3.8) is 0 Å². The lowest BCUT2D eigenvalue weighted by Crippen LogP contribution is -2.05. The van der Waals surface area contributed by atoms with Crippen molar-refractivity contribution in [1.29, 1.82) is 0 Å². The van der Waals surface area contributed by atoms with E-state index in [2.05, 4.69) is 43.3 Å². The minimum Gasteiger partial charge on any atom is -0.490 e. The quantitative estimate of drug-likeness (QED) is 0.873. The highest BCUT2D eigenvalue weighted by Gasteiger charge is 2.19. The number of fused-ring (bicyclic) bond motifs is 1. The molecule has 1 aliphatic heterocycles. The monoisotopic (exact) mass is 239 g/mol. The average Bonchev–Trinajstić information content (AvgIpc) is 2.77. The SMILES string of the molecule is CC1Cc2cc(-c3ccccc3CN)ccc2O1. The molecule has 2 nitrogen and oxygen atoms in total. The molecule has 18 heavy (non-hydrogen) atoms. The summed E-state index contributed by atoms with van der Waals surface area (Å²) in [5.41, 5.74) is 10.7. The van der Waals surface area contributed by atoms with Gasteiger partial charge in [-0.25, -0.2) is 0 Å². The maximum Gasteiger partial charge on any atom is 0.123 e. The molecule has 1 aliphatic rings. The number of benzene rings is 2. The van der Waals surface area contributed by atoms with Crippen LogP contribution in [0, 0.1) is 0 Å². The summed E-state index contributed by atoms with van der Waals surface area (Å²) >= 11 is 0. The van der Waals surface area contributed by atoms with Gasteiger partial charge in [0.1, 0.15) is 11.9 Å². The van der Waals surface area contributed by atoms with Gasteiger partial charge in [-0.3, -0.25) is 0 Å². The van der Waals surface area contributed by atoms with Gasteiger partial charge in [-0.15, -0.1) is 0 Å². The molecule has 1 atom stereocenters. The standard InChI is InChI=1S/C16H17NO/c1-11-8-14-9-12(6-7-16(14)18-11)15-5-3-2-4-13(15)10-17/h2-7,9,11H,8,10,17H2,1H3. The Hall–Kier alpha value is -1.80. The second-order valence-corrected chi connectivity index (χ2v) is 4.82. The topological polar surface area (TPSA) is 35.2 Å². The molecule has 2 N–H and O–H groups in total. The van der Waals surface area contributed by atoms with Crippen LogP contribution in [0.15, 0.2) is 42.5 Å². The first kappa shape index (κ1) is 11.3. The van der Waals surface area contributed by atoms with Crippen LogP contribution in [-0.2, 0) is 13.0 Å². The van der Waals surface area contributed by atoms with E-state index in [1.165, 1.54) is 22.3 Å². The predicted octanol–water partition coefficient (Wildman–Crippen LogP) is 3.14. The van der Waals surface area contributed by atoms with Crippen molar-refractivity contribution in [2.45, 2.75) is 26.0 Å². The van der Waals surface area contributed by atoms with E-state index in [1.54, 1.807) is 0 Å². The third-order valence-electron chi connectivity index (χ3n) is 3.44. The van der Waals surface area contributed by atoms with Gasteiger partial charge in [-0.05, 0) is 41.3 Å². The van der Waals surface area contributed by atoms with Gasteiger partial charge in [-0.1, -0.05) is 30.3 Å². The van der Waals surface area contributed by atoms with Gasteiger partial charge in [-0.2, -0.15) is 0 Å². The zero-order valence-corrected chi connectivity index (χ0v) is 10.5. The molecular weight excluding hydrogens is 222 g/mol. The Labute approximate surface area is 107 Å². The van der Waals surface area contributed by atoms with Crippen molar-refractivity contribution in [2.75, 3.05) is 0 Å². The van der Waals surface area contributed by atoms with Crippen molar-refractivity contribution in [3.05, 3.63) is 53.6 Å². The van der Waals surface area contributed by atoms with Crippen LogP contribution in [0.25, 0.3) is 11.1 Å². The molecule has 0 radical (unpaired) electrons. The Morgan fingerprint density at radius 1 is 1.22 bits per heavy atom. The van der Waals surface area contributed by atoms with Crippen LogP contribution >= 0.6 is 0 Å². The van der Waals surface area contributed by atoms with Crippen LogP contribution in [0.5, 0.6) is 5.75 Å². The van der Waals surface area contributed by atoms with E-state index in [1.807, 2.05) is 6.07 Å². The number of ether oxygens (including phenoxy) is 1. The Kier molecular flexibility index (Phi) is 2.80. The summed E-state index contributed by atoms with van der Waals surface area (Å²) in [5, 5.41) is 0. The third kappa shape index (κ3) is 1.89. The normalized spacial score (nSPS) is 17.3. The van der Waals surface area contributed by atoms with Crippen LogP contribution in [0.1, 0.15) is 18.1 Å². The fraction of sp³-hybridized carbons (Fsp3) is 0.250. The number of nitrogens with two attached hydrogens (primary N) is 1. The lowest BCUT2D eigenvalue weighted by molar-refractivity contribution is 0.254. The summed E-state index contributed by atoms with van der Waals surface area (Å²) in [6, 6.07) is 14.7. The van der Waals surface area contributed by atoms with E-state index in [0.29, 0.717) is 12.6 Å². The molecule has 2 heteroatoms. The van der Waals surface area contributed by atoms with E-state index >= 15 is 0 Å². The smallest absolute Gasteiger partial charge is 0.123 e. The summed E-state index contributed by atoms with van der Waals surface area (Å²) in [4.78, 5) is 0. The van der Waals surface area contributed by atoms with Gasteiger partial charge in [0.15, 0.2) is 0 Å². The van der Waals surface area contributed by atoms with Crippen molar-refractivity contribution in [3.8, 4) is 16.9 Å². The predicted molar refractivity (Wildman–Crippen MR) is 73.6 cm³/mol. The Morgan fingerprint density at radius 3 is 2.89 bits per heavy atom. The third-order valence-corrected chi connectivity index (χ3v) is 3.44. The highest BCUT2D eigenvalue weighted by atomic mass is 16.5. The first-order valence-corrected chi connectivity index (χ1v) is 6.36. The van der Waals surface area contributed by atoms with Crippen LogP contribution in [0.3, 0.4) is 0 Å². The Morgan fingerprint density at radius 2 is 2.06 bits per heavy atom. The van der Waals surface area contributed by atoms with Crippen molar-refractivity contribution in [2.24, 2.45) is 5.73 Å². The fourth-order valence-corrected chi connectivity index (χ4v) is 2.57. The first-order chi connectivity index (χ1) is 8.78. The molecule has 92 valence electrons. The van der Waals surface area contributed by atoms with Gasteiger partial charge >= 0.3 is 0 Å². The van der Waals surface area contributed by atoms with E-state index < -0.39 is 0 Å². The molecule has 1 heterocycles. The highest BCUT2D eigenvalue weighted by Crippen LogP contribution is 2.33. The maximum absolute atomic E-state index is 5.80. The van der Waals surface area contributed by atoms with Crippen LogP contribution in [-0.4, -0.2) is 6.10 Å². The summed E-state index contributed by atoms with van der Waals surface area (Å²) in [7, 11) is 0. The molecule has 0 bridgehead atoms. The molecule has 0 aliphatic carbocycles. The minimum atomic E-state index is 0.292. The molecule has 0 spiro atoms. The lowest BCUT2D eigenvalue weighted by Gasteiger charge is -2.09. The molecule has 0 saturated carbocycles. The van der Waals surface area contributed by atoms with Gasteiger partial charge in [0.05, 0.1) is 0 Å². The molecule has 2 aromatic rings. The minimum absolute atomic E-state index is 0.292. The Bertz CT molecular complexity index is 577. The second kappa shape index (κ2) is 4.46. The van der Waals surface area contributed by atoms with Crippen molar-refractivity contribution >= 4 is 0 Å². The number of hydrogen-bond donors (Lipinski definition) is 1. The molecule has 2 aromatic carbocycles. The van der Waals surface area contributed by atoms with E-state index in [4.69, 9.17) is 10.5 Å². The molecule has 3 rings (SSSR count). The fourth-order valence-electron chi connectivity index (χ4n) is 2.57. The molecule has 1 unspecified atom stereocenters. The van der Waals surface area contributed by atoms with Crippen LogP contribution in [0.2, 0.25) is 0 Å². The van der Waals surface area contributed by atoms with Gasteiger partial charge < -0.3 is 10.5 Å². The number of hydrogen-bond acceptors (Lipinski definition) is 2. The van der Waals surface area contributed by atoms with Gasteiger partial charge in [0.25, 0.3) is 0 Å². The van der Waals surface area contributed by atoms with Crippen LogP contribution < -0.4 is 10.5 Å². The van der Waals surface area contributed by atoms with E-state index in [0.717, 1.165) is 12.2 Å². The van der Waals surface area contributed by atoms with Crippen molar-refractivity contribution < 1.29 is 4.74 Å². The van der Waals surface area contributed by atoms with E-state index in [9.17, 15) is 0 Å². The number of rotatable bonds is 2. The second-order valence-electron chi connectivity index (χ2n) is 4.82. The zero-order chi connectivity index (χ0) is 12.5. The van der Waals surface area contributed by atoms with E-state index in [-0.39, 0.29) is 0 Å². The summed E-state index contributed by atoms with van der Waals surface area (Å²) in [6.07, 6.45) is 1.29. The van der Waals surface area contributed by atoms with Crippen molar-refractivity contribution in [1.82, 2.24) is 0 Å². The summed E-state index contributed by atoms with van der Waals surface area (Å²) in [5.74, 6) is 1.02. The van der Waals surface area contributed by atoms with Crippen LogP contribution in [0.4, 0.5) is 0 Å². The first-order valence-electron chi connectivity index (χ1n) is 6.36.